The normalized spacial score (nSPS) is 11.2. The van der Waals surface area contributed by atoms with Gasteiger partial charge >= 0.3 is 0 Å². The van der Waals surface area contributed by atoms with Gasteiger partial charge in [-0.1, -0.05) is 13.8 Å². The van der Waals surface area contributed by atoms with E-state index in [0.717, 1.165) is 29.9 Å². The van der Waals surface area contributed by atoms with E-state index in [4.69, 9.17) is 0 Å². The molecule has 0 aliphatic rings. The van der Waals surface area contributed by atoms with E-state index >= 15 is 0 Å². The van der Waals surface area contributed by atoms with Crippen molar-refractivity contribution in [2.45, 2.75) is 40.7 Å². The van der Waals surface area contributed by atoms with Gasteiger partial charge in [-0.15, -0.1) is 0 Å². The number of hydrogen-bond acceptors (Lipinski definition) is 2. The van der Waals surface area contributed by atoms with E-state index in [9.17, 15) is 0 Å². The highest BCUT2D eigenvalue weighted by Crippen LogP contribution is 2.18. The van der Waals surface area contributed by atoms with Crippen molar-refractivity contribution in [1.82, 2.24) is 14.8 Å². The third-order valence-electron chi connectivity index (χ3n) is 3.11. The van der Waals surface area contributed by atoms with E-state index in [0.29, 0.717) is 5.92 Å². The molecule has 0 N–H and O–H groups in total. The van der Waals surface area contributed by atoms with Gasteiger partial charge in [0.1, 0.15) is 0 Å². The molecule has 0 atom stereocenters. The second kappa shape index (κ2) is 5.34. The Balaban J connectivity index is 2.20. The van der Waals surface area contributed by atoms with Gasteiger partial charge in [-0.3, -0.25) is 9.67 Å². The first-order valence-corrected chi connectivity index (χ1v) is 6.53. The van der Waals surface area contributed by atoms with Crippen molar-refractivity contribution < 1.29 is 0 Å². The summed E-state index contributed by atoms with van der Waals surface area (Å²) in [5, 5.41) is 4.66. The van der Waals surface area contributed by atoms with Crippen LogP contribution in [0.5, 0.6) is 0 Å². The molecule has 2 aromatic rings. The van der Waals surface area contributed by atoms with Crippen LogP contribution >= 0.6 is 0 Å². The Morgan fingerprint density at radius 2 is 2.00 bits per heavy atom. The zero-order valence-corrected chi connectivity index (χ0v) is 11.6. The molecule has 0 saturated heterocycles. The average Bonchev–Trinajstić information content (AvgIpc) is 2.69. The van der Waals surface area contributed by atoms with E-state index in [-0.39, 0.29) is 0 Å². The van der Waals surface area contributed by atoms with Crippen LogP contribution in [0.1, 0.15) is 31.7 Å². The predicted octanol–water partition coefficient (Wildman–Crippen LogP) is 3.61. The molecule has 0 saturated carbocycles. The number of aromatic nitrogens is 3. The van der Waals surface area contributed by atoms with Crippen molar-refractivity contribution in [2.24, 2.45) is 5.92 Å². The maximum Gasteiger partial charge on any atom is 0.0941 e. The van der Waals surface area contributed by atoms with Crippen LogP contribution in [0.2, 0.25) is 0 Å². The van der Waals surface area contributed by atoms with Crippen molar-refractivity contribution in [2.75, 3.05) is 0 Å². The highest BCUT2D eigenvalue weighted by molar-refractivity contribution is 5.58. The summed E-state index contributed by atoms with van der Waals surface area (Å²) >= 11 is 0. The minimum absolute atomic E-state index is 0.707. The number of aryl methyl sites for hydroxylation is 3. The van der Waals surface area contributed by atoms with Gasteiger partial charge in [0.25, 0.3) is 0 Å². The highest BCUT2D eigenvalue weighted by atomic mass is 15.3. The molecule has 2 rings (SSSR count). The second-order valence-electron chi connectivity index (χ2n) is 5.26. The molecule has 2 heterocycles. The van der Waals surface area contributed by atoms with Crippen molar-refractivity contribution in [3.63, 3.8) is 0 Å². The SMILES string of the molecule is Cc1ccc(-c2cc(C)n(CCC(C)C)n2)cn1. The predicted molar refractivity (Wildman–Crippen MR) is 74.4 cm³/mol. The molecule has 3 nitrogen and oxygen atoms in total. The summed E-state index contributed by atoms with van der Waals surface area (Å²) in [6.07, 6.45) is 3.05. The van der Waals surface area contributed by atoms with Gasteiger partial charge in [0.05, 0.1) is 5.69 Å². The lowest BCUT2D eigenvalue weighted by molar-refractivity contribution is 0.481. The largest absolute Gasteiger partial charge is 0.269 e. The first-order chi connectivity index (χ1) is 8.56. The zero-order chi connectivity index (χ0) is 13.1. The fourth-order valence-corrected chi connectivity index (χ4v) is 1.88. The minimum Gasteiger partial charge on any atom is -0.269 e. The van der Waals surface area contributed by atoms with E-state index in [1.165, 1.54) is 5.69 Å². The molecule has 18 heavy (non-hydrogen) atoms. The summed E-state index contributed by atoms with van der Waals surface area (Å²) in [7, 11) is 0. The van der Waals surface area contributed by atoms with Crippen molar-refractivity contribution >= 4 is 0 Å². The van der Waals surface area contributed by atoms with E-state index < -0.39 is 0 Å². The standard InChI is InChI=1S/C15H21N3/c1-11(2)7-8-18-13(4)9-15(17-18)14-6-5-12(3)16-10-14/h5-6,9-11H,7-8H2,1-4H3. The fraction of sp³-hybridized carbons (Fsp3) is 0.467. The topological polar surface area (TPSA) is 30.7 Å². The van der Waals surface area contributed by atoms with Crippen LogP contribution in [-0.2, 0) is 6.54 Å². The maximum absolute atomic E-state index is 4.66. The Morgan fingerprint density at radius 3 is 2.61 bits per heavy atom. The molecule has 0 bridgehead atoms. The third kappa shape index (κ3) is 2.97. The summed E-state index contributed by atoms with van der Waals surface area (Å²) < 4.78 is 2.09. The van der Waals surface area contributed by atoms with Gasteiger partial charge in [-0.05, 0) is 44.4 Å². The number of pyridine rings is 1. The smallest absolute Gasteiger partial charge is 0.0941 e. The third-order valence-corrected chi connectivity index (χ3v) is 3.11. The molecule has 96 valence electrons. The summed E-state index contributed by atoms with van der Waals surface area (Å²) in [5.74, 6) is 0.707. The first kappa shape index (κ1) is 12.8. The fourth-order valence-electron chi connectivity index (χ4n) is 1.88. The summed E-state index contributed by atoms with van der Waals surface area (Å²) in [4.78, 5) is 4.32. The van der Waals surface area contributed by atoms with Crippen LogP contribution in [-0.4, -0.2) is 14.8 Å². The Kier molecular flexibility index (Phi) is 3.80. The molecule has 0 amide bonds. The van der Waals surface area contributed by atoms with Crippen LogP contribution in [0.3, 0.4) is 0 Å². The number of hydrogen-bond donors (Lipinski definition) is 0. The molecule has 0 aliphatic heterocycles. The van der Waals surface area contributed by atoms with Crippen molar-refractivity contribution in [3.8, 4) is 11.3 Å². The molecule has 0 unspecified atom stereocenters. The van der Waals surface area contributed by atoms with Crippen molar-refractivity contribution in [1.29, 1.82) is 0 Å². The molecule has 0 aliphatic carbocycles. The lowest BCUT2D eigenvalue weighted by Crippen LogP contribution is -2.05. The quantitative estimate of drug-likeness (QED) is 0.821. The van der Waals surface area contributed by atoms with E-state index in [1.807, 2.05) is 19.2 Å². The average molecular weight is 243 g/mol. The van der Waals surface area contributed by atoms with Gasteiger partial charge in [0.2, 0.25) is 0 Å². The van der Waals surface area contributed by atoms with Gasteiger partial charge in [0.15, 0.2) is 0 Å². The zero-order valence-electron chi connectivity index (χ0n) is 11.6. The number of nitrogens with zero attached hydrogens (tertiary/aromatic N) is 3. The van der Waals surface area contributed by atoms with Crippen LogP contribution in [0, 0.1) is 19.8 Å². The molecule has 0 fully saturated rings. The molecular formula is C15H21N3. The Morgan fingerprint density at radius 1 is 1.22 bits per heavy atom. The molecule has 3 heteroatoms. The van der Waals surface area contributed by atoms with Crippen molar-refractivity contribution in [3.05, 3.63) is 35.8 Å². The number of rotatable bonds is 4. The Hall–Kier alpha value is -1.64. The summed E-state index contributed by atoms with van der Waals surface area (Å²) in [5.41, 5.74) is 4.36. The molecule has 2 aromatic heterocycles. The van der Waals surface area contributed by atoms with Gasteiger partial charge in [-0.2, -0.15) is 5.10 Å². The minimum atomic E-state index is 0.707. The molecule has 0 aromatic carbocycles. The van der Waals surface area contributed by atoms with Crippen LogP contribution in [0.25, 0.3) is 11.3 Å². The summed E-state index contributed by atoms with van der Waals surface area (Å²) in [6, 6.07) is 6.24. The molecule has 0 radical (unpaired) electrons. The first-order valence-electron chi connectivity index (χ1n) is 6.53. The monoisotopic (exact) mass is 243 g/mol. The Bertz CT molecular complexity index is 509. The van der Waals surface area contributed by atoms with Gasteiger partial charge < -0.3 is 0 Å². The van der Waals surface area contributed by atoms with Gasteiger partial charge in [-0.25, -0.2) is 0 Å². The van der Waals surface area contributed by atoms with Gasteiger partial charge in [0, 0.05) is 29.7 Å². The molecular weight excluding hydrogens is 222 g/mol. The van der Waals surface area contributed by atoms with E-state index in [1.54, 1.807) is 0 Å². The van der Waals surface area contributed by atoms with E-state index in [2.05, 4.69) is 47.7 Å². The lowest BCUT2D eigenvalue weighted by atomic mass is 10.1. The maximum atomic E-state index is 4.66. The van der Waals surface area contributed by atoms with Crippen LogP contribution < -0.4 is 0 Å². The van der Waals surface area contributed by atoms with Crippen LogP contribution in [0.15, 0.2) is 24.4 Å². The highest BCUT2D eigenvalue weighted by Gasteiger charge is 2.07. The molecule has 0 spiro atoms. The second-order valence-corrected chi connectivity index (χ2v) is 5.26. The van der Waals surface area contributed by atoms with Crippen LogP contribution in [0.4, 0.5) is 0 Å². The lowest BCUT2D eigenvalue weighted by Gasteiger charge is -2.06. The summed E-state index contributed by atoms with van der Waals surface area (Å²) in [6.45, 7) is 9.57. The Labute approximate surface area is 109 Å².